The van der Waals surface area contributed by atoms with Gasteiger partial charge in [-0.3, -0.25) is 18.6 Å². The smallest absolute Gasteiger partial charge is 0.462 e. The molecule has 470 valence electrons. The average molecular weight is 1140 g/mol. The Bertz CT molecular complexity index is 1300. The zero-order valence-electron chi connectivity index (χ0n) is 52.9. The highest BCUT2D eigenvalue weighted by molar-refractivity contribution is 7.47. The number of carbonyl (C=O) groups excluding carboxylic acids is 2. The van der Waals surface area contributed by atoms with Crippen LogP contribution in [0.15, 0.2) is 12.2 Å². The lowest BCUT2D eigenvalue weighted by Gasteiger charge is -2.19. The molecule has 0 aliphatic heterocycles. The normalized spacial score (nSPS) is 12.9. The first kappa shape index (κ1) is 77.8. The van der Waals surface area contributed by atoms with Crippen LogP contribution in [0.5, 0.6) is 0 Å². The highest BCUT2D eigenvalue weighted by Gasteiger charge is 2.26. The summed E-state index contributed by atoms with van der Waals surface area (Å²) in [7, 11) is -4.39. The van der Waals surface area contributed by atoms with Crippen LogP contribution in [0.1, 0.15) is 386 Å². The highest BCUT2D eigenvalue weighted by atomic mass is 31.2. The van der Waals surface area contributed by atoms with Crippen LogP contribution in [0.4, 0.5) is 0 Å². The molecule has 9 nitrogen and oxygen atoms in total. The summed E-state index contributed by atoms with van der Waals surface area (Å²) in [6, 6.07) is 0. The number of unbranched alkanes of at least 4 members (excludes halogenated alkanes) is 53. The Balaban J connectivity index is 3.80. The number of phosphoric ester groups is 1. The number of nitrogens with two attached hydrogens (primary N) is 1. The van der Waals surface area contributed by atoms with Crippen LogP contribution in [0.3, 0.4) is 0 Å². The molecule has 0 aromatic rings. The van der Waals surface area contributed by atoms with Crippen molar-refractivity contribution in [1.29, 1.82) is 0 Å². The molecule has 0 saturated heterocycles. The van der Waals surface area contributed by atoms with E-state index < -0.39 is 26.5 Å². The summed E-state index contributed by atoms with van der Waals surface area (Å²) in [6.07, 6.45) is 78.9. The molecular weight excluding hydrogens is 1000 g/mol. The Kier molecular flexibility index (Phi) is 64.9. The number of hydrogen-bond donors (Lipinski definition) is 2. The Morgan fingerprint density at radius 1 is 0.367 bits per heavy atom. The average Bonchev–Trinajstić information content (AvgIpc) is 3.44. The van der Waals surface area contributed by atoms with Gasteiger partial charge in [-0.25, -0.2) is 4.57 Å². The Morgan fingerprint density at radius 2 is 0.620 bits per heavy atom. The minimum Gasteiger partial charge on any atom is -0.462 e. The molecule has 0 fully saturated rings. The summed E-state index contributed by atoms with van der Waals surface area (Å²) < 4.78 is 33.2. The Labute approximate surface area is 491 Å². The maximum Gasteiger partial charge on any atom is 0.472 e. The zero-order chi connectivity index (χ0) is 57.3. The standard InChI is InChI=1S/C69H136NO8P/c1-3-5-7-9-11-13-15-17-19-21-23-25-27-29-31-32-33-34-36-37-39-41-43-45-47-49-51-53-55-57-59-61-68(71)75-65-67(66-77-79(73,74)76-64-63-70)78-69(72)62-60-58-56-54-52-50-48-46-44-42-40-38-35-30-28-26-24-22-20-18-16-14-12-10-8-6-4-2/h22,24,67H,3-21,23,25-66,70H2,1-2H3,(H,73,74)/b24-22-. The third kappa shape index (κ3) is 65.8. The molecule has 10 heteroatoms. The molecule has 0 heterocycles. The van der Waals surface area contributed by atoms with E-state index in [0.717, 1.165) is 32.1 Å². The molecule has 3 N–H and O–H groups in total. The van der Waals surface area contributed by atoms with Gasteiger partial charge in [0.15, 0.2) is 6.10 Å². The molecule has 0 aromatic carbocycles. The molecule has 0 radical (unpaired) electrons. The van der Waals surface area contributed by atoms with Gasteiger partial charge < -0.3 is 20.1 Å². The number of esters is 2. The summed E-state index contributed by atoms with van der Waals surface area (Å²) in [6.45, 7) is 3.83. The molecule has 0 aromatic heterocycles. The lowest BCUT2D eigenvalue weighted by Crippen LogP contribution is -2.29. The van der Waals surface area contributed by atoms with Crippen molar-refractivity contribution in [1.82, 2.24) is 0 Å². The van der Waals surface area contributed by atoms with E-state index in [1.807, 2.05) is 0 Å². The molecule has 79 heavy (non-hydrogen) atoms. The van der Waals surface area contributed by atoms with Gasteiger partial charge in [0.05, 0.1) is 13.2 Å². The fraction of sp³-hybridized carbons (Fsp3) is 0.942. The molecule has 0 bridgehead atoms. The molecule has 2 unspecified atom stereocenters. The summed E-state index contributed by atoms with van der Waals surface area (Å²) in [5.74, 6) is -0.801. The first-order valence-electron chi connectivity index (χ1n) is 35.2. The van der Waals surface area contributed by atoms with Gasteiger partial charge in [-0.2, -0.15) is 0 Å². The SMILES string of the molecule is CCCCCCCCCC/C=C\CCCCCCCCCCCCCCCCCC(=O)OC(COC(=O)CCCCCCCCCCCCCCCCCCCCCCCCCCCCCCCCC)COP(=O)(O)OCCN. The van der Waals surface area contributed by atoms with Crippen LogP contribution in [-0.2, 0) is 32.7 Å². The Hall–Kier alpha value is -1.25. The van der Waals surface area contributed by atoms with Crippen LogP contribution >= 0.6 is 7.82 Å². The van der Waals surface area contributed by atoms with E-state index in [2.05, 4.69) is 26.0 Å². The van der Waals surface area contributed by atoms with E-state index in [9.17, 15) is 19.0 Å². The van der Waals surface area contributed by atoms with E-state index in [4.69, 9.17) is 24.3 Å². The van der Waals surface area contributed by atoms with Gasteiger partial charge in [-0.05, 0) is 38.5 Å². The maximum absolute atomic E-state index is 12.8. The molecule has 0 amide bonds. The molecule has 0 rings (SSSR count). The number of phosphoric acid groups is 1. The molecule has 2 atom stereocenters. The third-order valence-electron chi connectivity index (χ3n) is 16.2. The zero-order valence-corrected chi connectivity index (χ0v) is 53.8. The molecular formula is C69H136NO8P. The quantitative estimate of drug-likeness (QED) is 0.0264. The van der Waals surface area contributed by atoms with Gasteiger partial charge >= 0.3 is 19.8 Å². The topological polar surface area (TPSA) is 134 Å². The van der Waals surface area contributed by atoms with Gasteiger partial charge in [0.25, 0.3) is 0 Å². The summed E-state index contributed by atoms with van der Waals surface area (Å²) >= 11 is 0. The predicted octanol–water partition coefficient (Wildman–Crippen LogP) is 22.8. The first-order valence-corrected chi connectivity index (χ1v) is 36.7. The second kappa shape index (κ2) is 65.9. The van der Waals surface area contributed by atoms with Crippen molar-refractivity contribution in [3.05, 3.63) is 12.2 Å². The van der Waals surface area contributed by atoms with Crippen molar-refractivity contribution in [2.45, 2.75) is 392 Å². The minimum absolute atomic E-state index is 0.0575. The van der Waals surface area contributed by atoms with Crippen molar-refractivity contribution in [3.63, 3.8) is 0 Å². The third-order valence-corrected chi connectivity index (χ3v) is 17.1. The van der Waals surface area contributed by atoms with Gasteiger partial charge in [0, 0.05) is 19.4 Å². The lowest BCUT2D eigenvalue weighted by molar-refractivity contribution is -0.161. The van der Waals surface area contributed by atoms with Crippen LogP contribution in [0.2, 0.25) is 0 Å². The summed E-state index contributed by atoms with van der Waals surface area (Å²) in [5, 5.41) is 0. The fourth-order valence-corrected chi connectivity index (χ4v) is 11.7. The van der Waals surface area contributed by atoms with Gasteiger partial charge in [0.1, 0.15) is 6.61 Å². The van der Waals surface area contributed by atoms with Crippen LogP contribution in [0.25, 0.3) is 0 Å². The molecule has 0 aliphatic carbocycles. The van der Waals surface area contributed by atoms with Crippen molar-refractivity contribution in [2.75, 3.05) is 26.4 Å². The second-order valence-corrected chi connectivity index (χ2v) is 25.6. The van der Waals surface area contributed by atoms with E-state index in [-0.39, 0.29) is 38.6 Å². The van der Waals surface area contributed by atoms with E-state index in [0.29, 0.717) is 6.42 Å². The Morgan fingerprint density at radius 3 is 0.899 bits per heavy atom. The number of allylic oxidation sites excluding steroid dienone is 2. The second-order valence-electron chi connectivity index (χ2n) is 24.1. The van der Waals surface area contributed by atoms with Crippen LogP contribution < -0.4 is 5.73 Å². The van der Waals surface area contributed by atoms with Crippen molar-refractivity contribution >= 4 is 19.8 Å². The number of rotatable bonds is 68. The minimum atomic E-state index is -4.39. The molecule has 0 saturated carbocycles. The highest BCUT2D eigenvalue weighted by Crippen LogP contribution is 2.43. The summed E-state index contributed by atoms with van der Waals surface area (Å²) in [4.78, 5) is 35.3. The first-order chi connectivity index (χ1) is 38.8. The fourth-order valence-electron chi connectivity index (χ4n) is 10.9. The number of carbonyl (C=O) groups is 2. The largest absolute Gasteiger partial charge is 0.472 e. The predicted molar refractivity (Wildman–Crippen MR) is 340 cm³/mol. The van der Waals surface area contributed by atoms with Crippen LogP contribution in [-0.4, -0.2) is 49.3 Å². The van der Waals surface area contributed by atoms with Crippen molar-refractivity contribution in [3.8, 4) is 0 Å². The van der Waals surface area contributed by atoms with Crippen molar-refractivity contribution in [2.24, 2.45) is 5.73 Å². The lowest BCUT2D eigenvalue weighted by atomic mass is 10.0. The monoisotopic (exact) mass is 1140 g/mol. The number of hydrogen-bond acceptors (Lipinski definition) is 8. The van der Waals surface area contributed by atoms with Gasteiger partial charge in [0.2, 0.25) is 0 Å². The number of ether oxygens (including phenoxy) is 2. The van der Waals surface area contributed by atoms with Gasteiger partial charge in [-0.1, -0.05) is 347 Å². The molecule has 0 spiro atoms. The van der Waals surface area contributed by atoms with Crippen LogP contribution in [0, 0.1) is 0 Å². The van der Waals surface area contributed by atoms with Gasteiger partial charge in [-0.15, -0.1) is 0 Å². The maximum atomic E-state index is 12.8. The summed E-state index contributed by atoms with van der Waals surface area (Å²) in [5.41, 5.74) is 5.40. The van der Waals surface area contributed by atoms with E-state index in [1.54, 1.807) is 0 Å². The van der Waals surface area contributed by atoms with E-state index in [1.165, 1.54) is 321 Å². The molecule has 0 aliphatic rings. The van der Waals surface area contributed by atoms with Crippen molar-refractivity contribution < 1.29 is 37.6 Å². The van der Waals surface area contributed by atoms with E-state index >= 15 is 0 Å².